The maximum absolute atomic E-state index is 13.4. The second kappa shape index (κ2) is 7.72. The molecule has 2 aliphatic rings. The van der Waals surface area contributed by atoms with Crippen LogP contribution in [0.2, 0.25) is 5.02 Å². The molecule has 1 saturated heterocycles. The van der Waals surface area contributed by atoms with Crippen molar-refractivity contribution in [2.24, 2.45) is 0 Å². The Morgan fingerprint density at radius 2 is 1.90 bits per heavy atom. The Labute approximate surface area is 180 Å². The van der Waals surface area contributed by atoms with E-state index in [2.05, 4.69) is 20.0 Å². The first-order valence-corrected chi connectivity index (χ1v) is 10.6. The molecule has 1 saturated carbocycles. The second-order valence-electron chi connectivity index (χ2n) is 7.91. The lowest BCUT2D eigenvalue weighted by Crippen LogP contribution is -2.49. The van der Waals surface area contributed by atoms with Crippen LogP contribution in [0.25, 0.3) is 5.69 Å². The molecule has 3 heterocycles. The highest BCUT2D eigenvalue weighted by molar-refractivity contribution is 6.31. The predicted octanol–water partition coefficient (Wildman–Crippen LogP) is 3.46. The third kappa shape index (κ3) is 3.54. The van der Waals surface area contributed by atoms with Crippen LogP contribution in [0.1, 0.15) is 40.4 Å². The third-order valence-corrected chi connectivity index (χ3v) is 6.25. The number of piperazine rings is 1. The summed E-state index contributed by atoms with van der Waals surface area (Å²) < 4.78 is 1.89. The lowest BCUT2D eigenvalue weighted by atomic mass is 10.1. The summed E-state index contributed by atoms with van der Waals surface area (Å²) in [6, 6.07) is 5.92. The van der Waals surface area contributed by atoms with Crippen molar-refractivity contribution in [2.75, 3.05) is 31.1 Å². The van der Waals surface area contributed by atoms with Gasteiger partial charge in [-0.2, -0.15) is 5.10 Å². The van der Waals surface area contributed by atoms with Crippen LogP contribution in [0, 0.1) is 6.92 Å². The average Bonchev–Trinajstić information content (AvgIpc) is 3.54. The maximum Gasteiger partial charge on any atom is 0.257 e. The van der Waals surface area contributed by atoms with Crippen molar-refractivity contribution in [3.8, 4) is 5.69 Å². The number of aryl methyl sites for hydroxylation is 1. The summed E-state index contributed by atoms with van der Waals surface area (Å²) in [5.41, 5.74) is 3.65. The van der Waals surface area contributed by atoms with Crippen LogP contribution in [0.3, 0.4) is 0 Å². The van der Waals surface area contributed by atoms with E-state index >= 15 is 0 Å². The molecular weight excluding hydrogens is 400 g/mol. The molecule has 0 atom stereocenters. The SMILES string of the molecule is Cc1ccc(-n2ncc(C(=O)N3CCN(c4cnccn4)CC3)c2C2CC2)cc1Cl. The highest BCUT2D eigenvalue weighted by Gasteiger charge is 2.35. The van der Waals surface area contributed by atoms with Gasteiger partial charge in [0, 0.05) is 49.5 Å². The first-order valence-electron chi connectivity index (χ1n) is 10.3. The van der Waals surface area contributed by atoms with E-state index in [1.807, 2.05) is 34.7 Å². The topological polar surface area (TPSA) is 67.2 Å². The number of carbonyl (C=O) groups excluding carboxylic acids is 1. The lowest BCUT2D eigenvalue weighted by molar-refractivity contribution is 0.0745. The number of carbonyl (C=O) groups is 1. The number of hydrogen-bond acceptors (Lipinski definition) is 5. The van der Waals surface area contributed by atoms with Crippen molar-refractivity contribution >= 4 is 23.3 Å². The van der Waals surface area contributed by atoms with Crippen molar-refractivity contribution in [2.45, 2.75) is 25.7 Å². The fourth-order valence-corrected chi connectivity index (χ4v) is 4.13. The van der Waals surface area contributed by atoms with Gasteiger partial charge in [-0.1, -0.05) is 17.7 Å². The summed E-state index contributed by atoms with van der Waals surface area (Å²) >= 11 is 6.34. The van der Waals surface area contributed by atoms with E-state index < -0.39 is 0 Å². The zero-order chi connectivity index (χ0) is 20.7. The van der Waals surface area contributed by atoms with Crippen LogP contribution in [-0.2, 0) is 0 Å². The molecule has 2 aromatic heterocycles. The lowest BCUT2D eigenvalue weighted by Gasteiger charge is -2.35. The predicted molar refractivity (Wildman–Crippen MR) is 115 cm³/mol. The molecule has 1 aliphatic carbocycles. The van der Waals surface area contributed by atoms with Gasteiger partial charge in [0.15, 0.2) is 0 Å². The van der Waals surface area contributed by atoms with Gasteiger partial charge in [0.2, 0.25) is 0 Å². The molecule has 1 aromatic carbocycles. The van der Waals surface area contributed by atoms with Crippen molar-refractivity contribution in [3.63, 3.8) is 0 Å². The van der Waals surface area contributed by atoms with E-state index in [4.69, 9.17) is 11.6 Å². The van der Waals surface area contributed by atoms with Crippen LogP contribution in [0.4, 0.5) is 5.82 Å². The summed E-state index contributed by atoms with van der Waals surface area (Å²) in [5, 5.41) is 5.28. The molecule has 0 radical (unpaired) electrons. The minimum Gasteiger partial charge on any atom is -0.352 e. The van der Waals surface area contributed by atoms with Crippen LogP contribution >= 0.6 is 11.6 Å². The van der Waals surface area contributed by atoms with E-state index in [-0.39, 0.29) is 5.91 Å². The Morgan fingerprint density at radius 1 is 1.10 bits per heavy atom. The van der Waals surface area contributed by atoms with Gasteiger partial charge >= 0.3 is 0 Å². The standard InChI is InChI=1S/C22H23ClN6O/c1-15-2-5-17(12-19(15)23)29-21(16-3-4-16)18(13-26-29)22(30)28-10-8-27(9-11-28)20-14-24-6-7-25-20/h2,5-7,12-14,16H,3-4,8-11H2,1H3. The molecule has 0 unspecified atom stereocenters. The monoisotopic (exact) mass is 422 g/mol. The number of nitrogens with zero attached hydrogens (tertiary/aromatic N) is 6. The summed E-state index contributed by atoms with van der Waals surface area (Å²) in [4.78, 5) is 25.9. The number of halogens is 1. The zero-order valence-corrected chi connectivity index (χ0v) is 17.6. The average molecular weight is 423 g/mol. The van der Waals surface area contributed by atoms with Crippen molar-refractivity contribution in [1.82, 2.24) is 24.6 Å². The maximum atomic E-state index is 13.4. The molecule has 30 heavy (non-hydrogen) atoms. The van der Waals surface area contributed by atoms with E-state index in [1.54, 1.807) is 24.8 Å². The molecule has 1 amide bonds. The summed E-state index contributed by atoms with van der Waals surface area (Å²) in [5.74, 6) is 1.29. The van der Waals surface area contributed by atoms with Gasteiger partial charge in [0.25, 0.3) is 5.91 Å². The molecule has 2 fully saturated rings. The molecule has 1 aliphatic heterocycles. The first-order chi connectivity index (χ1) is 14.6. The molecule has 8 heteroatoms. The second-order valence-corrected chi connectivity index (χ2v) is 8.31. The molecule has 0 N–H and O–H groups in total. The number of benzene rings is 1. The summed E-state index contributed by atoms with van der Waals surface area (Å²) in [6.45, 7) is 4.77. The molecule has 3 aromatic rings. The van der Waals surface area contributed by atoms with E-state index in [0.717, 1.165) is 48.7 Å². The fraction of sp³-hybridized carbons (Fsp3) is 0.364. The minimum absolute atomic E-state index is 0.0557. The fourth-order valence-electron chi connectivity index (χ4n) is 3.96. The highest BCUT2D eigenvalue weighted by Crippen LogP contribution is 2.43. The van der Waals surface area contributed by atoms with E-state index in [1.165, 1.54) is 0 Å². The Kier molecular flexibility index (Phi) is 4.90. The van der Waals surface area contributed by atoms with Crippen molar-refractivity contribution < 1.29 is 4.79 Å². The van der Waals surface area contributed by atoms with Gasteiger partial charge in [0.1, 0.15) is 5.82 Å². The largest absolute Gasteiger partial charge is 0.352 e. The quantitative estimate of drug-likeness (QED) is 0.644. The van der Waals surface area contributed by atoms with Crippen LogP contribution in [0.15, 0.2) is 43.0 Å². The number of rotatable bonds is 4. The van der Waals surface area contributed by atoms with Gasteiger partial charge in [-0.05, 0) is 37.5 Å². The van der Waals surface area contributed by atoms with Gasteiger partial charge in [-0.15, -0.1) is 0 Å². The zero-order valence-electron chi connectivity index (χ0n) is 16.8. The van der Waals surface area contributed by atoms with E-state index in [0.29, 0.717) is 29.6 Å². The molecule has 5 rings (SSSR count). The van der Waals surface area contributed by atoms with Gasteiger partial charge in [0.05, 0.1) is 29.3 Å². The Morgan fingerprint density at radius 3 is 2.57 bits per heavy atom. The number of aromatic nitrogens is 4. The summed E-state index contributed by atoms with van der Waals surface area (Å²) in [7, 11) is 0. The summed E-state index contributed by atoms with van der Waals surface area (Å²) in [6.07, 6.45) is 9.03. The smallest absolute Gasteiger partial charge is 0.257 e. The molecule has 0 spiro atoms. The van der Waals surface area contributed by atoms with Crippen molar-refractivity contribution in [1.29, 1.82) is 0 Å². The Balaban J connectivity index is 1.38. The van der Waals surface area contributed by atoms with Crippen molar-refractivity contribution in [3.05, 3.63) is 64.8 Å². The first kappa shape index (κ1) is 19.1. The molecule has 7 nitrogen and oxygen atoms in total. The van der Waals surface area contributed by atoms with Gasteiger partial charge < -0.3 is 9.80 Å². The Hall–Kier alpha value is -2.93. The van der Waals surface area contributed by atoms with Gasteiger partial charge in [-0.3, -0.25) is 9.78 Å². The number of anilines is 1. The van der Waals surface area contributed by atoms with Gasteiger partial charge in [-0.25, -0.2) is 9.67 Å². The molecule has 0 bridgehead atoms. The van der Waals surface area contributed by atoms with Crippen LogP contribution in [0.5, 0.6) is 0 Å². The molecular formula is C22H23ClN6O. The Bertz CT molecular complexity index is 1070. The number of hydrogen-bond donors (Lipinski definition) is 0. The highest BCUT2D eigenvalue weighted by atomic mass is 35.5. The minimum atomic E-state index is 0.0557. The normalized spacial score (nSPS) is 16.7. The number of amides is 1. The van der Waals surface area contributed by atoms with Crippen LogP contribution < -0.4 is 4.90 Å². The third-order valence-electron chi connectivity index (χ3n) is 5.84. The molecule has 154 valence electrons. The van der Waals surface area contributed by atoms with E-state index in [9.17, 15) is 4.79 Å². The van der Waals surface area contributed by atoms with Crippen LogP contribution in [-0.4, -0.2) is 56.7 Å².